The zero-order valence-corrected chi connectivity index (χ0v) is 17.3. The van der Waals surface area contributed by atoms with Crippen molar-refractivity contribution < 1.29 is 28.6 Å². The summed E-state index contributed by atoms with van der Waals surface area (Å²) in [6.07, 6.45) is 0.362. The van der Waals surface area contributed by atoms with Crippen LogP contribution in [0.15, 0.2) is 47.5 Å². The Kier molecular flexibility index (Phi) is 6.94. The summed E-state index contributed by atoms with van der Waals surface area (Å²) in [5, 5.41) is 8.66. The van der Waals surface area contributed by atoms with Crippen molar-refractivity contribution in [1.82, 2.24) is 4.90 Å². The molecule has 7 nitrogen and oxygen atoms in total. The van der Waals surface area contributed by atoms with Crippen LogP contribution >= 0.6 is 11.8 Å². The molecule has 0 radical (unpaired) electrons. The minimum Gasteiger partial charge on any atom is -0.493 e. The minimum absolute atomic E-state index is 0.131. The number of amidine groups is 1. The molecule has 30 heavy (non-hydrogen) atoms. The van der Waals surface area contributed by atoms with E-state index in [9.17, 15) is 19.1 Å². The van der Waals surface area contributed by atoms with E-state index in [1.54, 1.807) is 26.4 Å². The van der Waals surface area contributed by atoms with Crippen LogP contribution in [0.3, 0.4) is 0 Å². The molecule has 1 N–H and O–H groups in total. The number of carboxylic acid groups (broad SMARTS) is 1. The molecule has 1 aliphatic heterocycles. The maximum absolute atomic E-state index is 13.5. The molecule has 0 aromatic heterocycles. The number of aliphatic carboxylic acids is 1. The fourth-order valence-electron chi connectivity index (χ4n) is 2.99. The van der Waals surface area contributed by atoms with Crippen LogP contribution in [0.2, 0.25) is 0 Å². The maximum atomic E-state index is 13.5. The molecule has 0 aliphatic carbocycles. The Hall–Kier alpha value is -3.07. The second kappa shape index (κ2) is 9.62. The molecule has 1 heterocycles. The van der Waals surface area contributed by atoms with E-state index in [2.05, 4.69) is 4.99 Å². The van der Waals surface area contributed by atoms with E-state index >= 15 is 0 Å². The van der Waals surface area contributed by atoms with Gasteiger partial charge in [-0.05, 0) is 42.3 Å². The van der Waals surface area contributed by atoms with Crippen molar-refractivity contribution in [2.24, 2.45) is 4.99 Å². The van der Waals surface area contributed by atoms with Crippen molar-refractivity contribution in [3.05, 3.63) is 53.8 Å². The monoisotopic (exact) mass is 432 g/mol. The molecular formula is C21H21FN2O5S. The number of rotatable bonds is 7. The second-order valence-corrected chi connectivity index (χ2v) is 7.68. The van der Waals surface area contributed by atoms with Gasteiger partial charge in [-0.1, -0.05) is 23.9 Å². The van der Waals surface area contributed by atoms with Crippen LogP contribution in [0.1, 0.15) is 12.0 Å². The molecule has 9 heteroatoms. The lowest BCUT2D eigenvalue weighted by molar-refractivity contribution is -0.139. The second-order valence-electron chi connectivity index (χ2n) is 6.51. The number of halogens is 1. The minimum atomic E-state index is -1.08. The molecule has 1 fully saturated rings. The van der Waals surface area contributed by atoms with Crippen molar-refractivity contribution in [3.63, 3.8) is 0 Å². The predicted octanol–water partition coefficient (Wildman–Crippen LogP) is 3.49. The average Bonchev–Trinajstić information content (AvgIpc) is 2.72. The number of carbonyl (C=O) groups excluding carboxylic acids is 1. The number of methoxy groups -OCH3 is 2. The number of carbonyl (C=O) groups is 2. The third-order valence-electron chi connectivity index (χ3n) is 4.52. The molecule has 2 aromatic rings. The fraction of sp³-hybridized carbons (Fsp3) is 0.286. The first kappa shape index (κ1) is 21.6. The summed E-state index contributed by atoms with van der Waals surface area (Å²) in [5.41, 5.74) is 1.23. The Labute approximate surface area is 177 Å². The Morgan fingerprint density at radius 1 is 1.23 bits per heavy atom. The van der Waals surface area contributed by atoms with Gasteiger partial charge in [-0.25, -0.2) is 9.38 Å². The van der Waals surface area contributed by atoms with Gasteiger partial charge >= 0.3 is 5.97 Å². The van der Waals surface area contributed by atoms with Crippen molar-refractivity contribution in [1.29, 1.82) is 0 Å². The number of aliphatic imine (C=N–C) groups is 1. The SMILES string of the molecule is COc1ccc(CCN2C(=O)CC(C(=O)O)SC2=Nc2cccc(F)c2)cc1OC. The fourth-order valence-corrected chi connectivity index (χ4v) is 4.05. The van der Waals surface area contributed by atoms with Crippen LogP contribution in [0.25, 0.3) is 0 Å². The highest BCUT2D eigenvalue weighted by molar-refractivity contribution is 8.15. The van der Waals surface area contributed by atoms with E-state index in [-0.39, 0.29) is 17.5 Å². The molecule has 0 spiro atoms. The van der Waals surface area contributed by atoms with Crippen molar-refractivity contribution in [2.75, 3.05) is 20.8 Å². The van der Waals surface area contributed by atoms with Crippen LogP contribution in [-0.4, -0.2) is 53.1 Å². The summed E-state index contributed by atoms with van der Waals surface area (Å²) in [4.78, 5) is 29.9. The molecule has 1 saturated heterocycles. The van der Waals surface area contributed by atoms with Crippen LogP contribution in [0, 0.1) is 5.82 Å². The first-order chi connectivity index (χ1) is 14.4. The third kappa shape index (κ3) is 5.10. The van der Waals surface area contributed by atoms with Crippen LogP contribution < -0.4 is 9.47 Å². The van der Waals surface area contributed by atoms with Gasteiger partial charge in [0, 0.05) is 6.54 Å². The first-order valence-electron chi connectivity index (χ1n) is 9.16. The number of hydrogen-bond donors (Lipinski definition) is 1. The maximum Gasteiger partial charge on any atom is 0.317 e. The quantitative estimate of drug-likeness (QED) is 0.721. The summed E-state index contributed by atoms with van der Waals surface area (Å²) < 4.78 is 24.1. The predicted molar refractivity (Wildman–Crippen MR) is 112 cm³/mol. The molecule has 1 unspecified atom stereocenters. The lowest BCUT2D eigenvalue weighted by Gasteiger charge is -2.30. The van der Waals surface area contributed by atoms with Gasteiger partial charge in [0.05, 0.1) is 26.3 Å². The van der Waals surface area contributed by atoms with E-state index in [4.69, 9.17) is 9.47 Å². The summed E-state index contributed by atoms with van der Waals surface area (Å²) in [6, 6.07) is 11.1. The number of ether oxygens (including phenoxy) is 2. The lowest BCUT2D eigenvalue weighted by Crippen LogP contribution is -2.44. The number of carboxylic acids is 1. The molecule has 2 aromatic carbocycles. The van der Waals surface area contributed by atoms with E-state index in [0.29, 0.717) is 30.2 Å². The summed E-state index contributed by atoms with van der Waals surface area (Å²) in [7, 11) is 3.09. The van der Waals surface area contributed by atoms with Gasteiger partial charge in [0.25, 0.3) is 0 Å². The molecule has 1 amide bonds. The first-order valence-corrected chi connectivity index (χ1v) is 10.0. The van der Waals surface area contributed by atoms with Gasteiger partial charge in [-0.3, -0.25) is 14.5 Å². The summed E-state index contributed by atoms with van der Waals surface area (Å²) >= 11 is 0.989. The van der Waals surface area contributed by atoms with Gasteiger partial charge in [0.15, 0.2) is 16.7 Å². The number of amides is 1. The Bertz CT molecular complexity index is 982. The van der Waals surface area contributed by atoms with Crippen molar-refractivity contribution in [2.45, 2.75) is 18.1 Å². The normalized spacial score (nSPS) is 17.8. The number of thioether (sulfide) groups is 1. The van der Waals surface area contributed by atoms with E-state index in [0.717, 1.165) is 17.3 Å². The molecule has 158 valence electrons. The zero-order valence-electron chi connectivity index (χ0n) is 16.5. The molecule has 0 saturated carbocycles. The van der Waals surface area contributed by atoms with Crippen molar-refractivity contribution in [3.8, 4) is 11.5 Å². The van der Waals surface area contributed by atoms with E-state index in [1.165, 1.54) is 23.1 Å². The van der Waals surface area contributed by atoms with Crippen LogP contribution in [0.5, 0.6) is 11.5 Å². The third-order valence-corrected chi connectivity index (χ3v) is 5.70. The largest absolute Gasteiger partial charge is 0.493 e. The molecule has 1 atom stereocenters. The Morgan fingerprint density at radius 2 is 2.00 bits per heavy atom. The van der Waals surface area contributed by atoms with E-state index < -0.39 is 17.0 Å². The van der Waals surface area contributed by atoms with Gasteiger partial charge in [0.2, 0.25) is 5.91 Å². The van der Waals surface area contributed by atoms with Gasteiger partial charge < -0.3 is 14.6 Å². The average molecular weight is 432 g/mol. The Morgan fingerprint density at radius 3 is 2.67 bits per heavy atom. The highest BCUT2D eigenvalue weighted by atomic mass is 32.2. The van der Waals surface area contributed by atoms with Gasteiger partial charge in [-0.15, -0.1) is 0 Å². The number of hydrogen-bond acceptors (Lipinski definition) is 6. The number of benzene rings is 2. The molecule has 1 aliphatic rings. The topological polar surface area (TPSA) is 88.4 Å². The van der Waals surface area contributed by atoms with Crippen LogP contribution in [0.4, 0.5) is 10.1 Å². The lowest BCUT2D eigenvalue weighted by atomic mass is 10.1. The highest BCUT2D eigenvalue weighted by Crippen LogP contribution is 2.31. The van der Waals surface area contributed by atoms with Crippen molar-refractivity contribution >= 4 is 34.5 Å². The summed E-state index contributed by atoms with van der Waals surface area (Å²) in [6.45, 7) is 0.293. The zero-order chi connectivity index (χ0) is 21.7. The standard InChI is InChI=1S/C21H21FN2O5S/c1-28-16-7-6-13(10-17(16)29-2)8-9-24-19(25)12-18(20(26)27)30-21(24)23-15-5-3-4-14(22)11-15/h3-7,10-11,18H,8-9,12H2,1-2H3,(H,26,27). The molecule has 0 bridgehead atoms. The number of nitrogens with zero attached hydrogens (tertiary/aromatic N) is 2. The molecular weight excluding hydrogens is 411 g/mol. The van der Waals surface area contributed by atoms with Gasteiger partial charge in [0.1, 0.15) is 11.1 Å². The van der Waals surface area contributed by atoms with E-state index in [1.807, 2.05) is 12.1 Å². The van der Waals surface area contributed by atoms with Gasteiger partial charge in [-0.2, -0.15) is 0 Å². The highest BCUT2D eigenvalue weighted by Gasteiger charge is 2.35. The Balaban J connectivity index is 1.84. The van der Waals surface area contributed by atoms with Crippen LogP contribution in [-0.2, 0) is 16.0 Å². The molecule has 3 rings (SSSR count). The smallest absolute Gasteiger partial charge is 0.317 e. The summed E-state index contributed by atoms with van der Waals surface area (Å²) in [5.74, 6) is -0.704.